The summed E-state index contributed by atoms with van der Waals surface area (Å²) in [5.41, 5.74) is 0. The van der Waals surface area contributed by atoms with E-state index in [9.17, 15) is 4.79 Å². The van der Waals surface area contributed by atoms with Gasteiger partial charge >= 0.3 is 5.97 Å². The summed E-state index contributed by atoms with van der Waals surface area (Å²) in [6, 6.07) is 0. The van der Waals surface area contributed by atoms with Crippen LogP contribution in [0, 0.1) is 0 Å². The molecule has 0 aliphatic rings. The molecule has 174 valence electrons. The Kier molecular flexibility index (Phi) is 23.4. The molecule has 0 heterocycles. The fourth-order valence-corrected chi connectivity index (χ4v) is 3.65. The van der Waals surface area contributed by atoms with E-state index >= 15 is 0 Å². The highest BCUT2D eigenvalue weighted by Crippen LogP contribution is 2.14. The lowest BCUT2D eigenvalue weighted by Gasteiger charge is -2.29. The van der Waals surface area contributed by atoms with Crippen LogP contribution in [0.15, 0.2) is 12.7 Å². The number of esters is 1. The molecule has 29 heavy (non-hydrogen) atoms. The third-order valence-corrected chi connectivity index (χ3v) is 5.72. The Hall–Kier alpha value is -0.540. The molecule has 0 aromatic rings. The molecule has 0 N–H and O–H groups in total. The Bertz CT molecular complexity index is 372. The van der Waals surface area contributed by atoms with Gasteiger partial charge in [0.25, 0.3) is 0 Å². The molecule has 0 aliphatic heterocycles. The minimum atomic E-state index is -0.317. The van der Waals surface area contributed by atoms with Crippen LogP contribution in [0.2, 0.25) is 0 Å². The molecule has 0 rings (SSSR count). The largest absolute Gasteiger partial charge is 1.00 e. The first-order valence-electron chi connectivity index (χ1n) is 12.1. The highest BCUT2D eigenvalue weighted by Gasteiger charge is 2.14. The van der Waals surface area contributed by atoms with Gasteiger partial charge in [-0.3, -0.25) is 0 Å². The number of ether oxygens (including phenoxy) is 1. The summed E-state index contributed by atoms with van der Waals surface area (Å²) in [5.74, 6) is -0.317. The number of carbonyl (C=O) groups is 1. The summed E-state index contributed by atoms with van der Waals surface area (Å²) >= 11 is 0. The summed E-state index contributed by atoms with van der Waals surface area (Å²) in [6.45, 7) is 8.22. The van der Waals surface area contributed by atoms with Crippen molar-refractivity contribution in [2.75, 3.05) is 33.8 Å². The van der Waals surface area contributed by atoms with Gasteiger partial charge in [0.2, 0.25) is 0 Å². The lowest BCUT2D eigenvalue weighted by molar-refractivity contribution is -0.890. The number of halogens is 1. The molecule has 0 saturated carbocycles. The van der Waals surface area contributed by atoms with Gasteiger partial charge in [-0.05, 0) is 12.8 Å². The minimum absolute atomic E-state index is 0. The summed E-state index contributed by atoms with van der Waals surface area (Å²) in [4.78, 5) is 11.1. The molecule has 0 amide bonds. The molecule has 0 saturated heterocycles. The van der Waals surface area contributed by atoms with Gasteiger partial charge in [-0.1, -0.05) is 103 Å². The molecular formula is C25H50ClNO2. The van der Waals surface area contributed by atoms with Crippen molar-refractivity contribution in [3.05, 3.63) is 12.7 Å². The van der Waals surface area contributed by atoms with Crippen LogP contribution in [-0.2, 0) is 9.53 Å². The van der Waals surface area contributed by atoms with Crippen LogP contribution >= 0.6 is 0 Å². The molecule has 0 unspecified atom stereocenters. The van der Waals surface area contributed by atoms with Crippen LogP contribution in [0.5, 0.6) is 0 Å². The van der Waals surface area contributed by atoms with E-state index in [4.69, 9.17) is 4.74 Å². The van der Waals surface area contributed by atoms with Gasteiger partial charge in [-0.15, -0.1) is 0 Å². The Morgan fingerprint density at radius 1 is 0.724 bits per heavy atom. The van der Waals surface area contributed by atoms with Gasteiger partial charge in [-0.2, -0.15) is 0 Å². The van der Waals surface area contributed by atoms with E-state index in [1.54, 1.807) is 0 Å². The fourth-order valence-electron chi connectivity index (χ4n) is 3.65. The zero-order chi connectivity index (χ0) is 20.9. The first kappa shape index (κ1) is 30.7. The van der Waals surface area contributed by atoms with Gasteiger partial charge in [-0.25, -0.2) is 4.79 Å². The molecule has 4 heteroatoms. The zero-order valence-corrected chi connectivity index (χ0v) is 20.6. The minimum Gasteiger partial charge on any atom is -1.00 e. The maximum atomic E-state index is 11.1. The third kappa shape index (κ3) is 23.6. The molecular weight excluding hydrogens is 382 g/mol. The summed E-state index contributed by atoms with van der Waals surface area (Å²) in [6.07, 6.45) is 23.8. The lowest BCUT2D eigenvalue weighted by atomic mass is 10.0. The van der Waals surface area contributed by atoms with Crippen molar-refractivity contribution in [2.45, 2.75) is 110 Å². The summed E-state index contributed by atoms with van der Waals surface area (Å²) < 4.78 is 6.01. The Morgan fingerprint density at radius 2 is 1.10 bits per heavy atom. The molecule has 0 aliphatic carbocycles. The molecule has 0 bridgehead atoms. The normalized spacial score (nSPS) is 11.1. The first-order chi connectivity index (χ1) is 13.5. The van der Waals surface area contributed by atoms with E-state index in [-0.39, 0.29) is 18.4 Å². The van der Waals surface area contributed by atoms with Crippen molar-refractivity contribution < 1.29 is 26.4 Å². The number of quaternary nitrogens is 1. The molecule has 0 spiro atoms. The smallest absolute Gasteiger partial charge is 0.330 e. The van der Waals surface area contributed by atoms with Crippen LogP contribution in [0.25, 0.3) is 0 Å². The second-order valence-corrected chi connectivity index (χ2v) is 9.06. The predicted octanol–water partition coefficient (Wildman–Crippen LogP) is 4.06. The van der Waals surface area contributed by atoms with Crippen LogP contribution in [0.3, 0.4) is 0 Å². The van der Waals surface area contributed by atoms with E-state index in [0.29, 0.717) is 6.61 Å². The van der Waals surface area contributed by atoms with Crippen LogP contribution < -0.4 is 12.4 Å². The maximum Gasteiger partial charge on any atom is 0.330 e. The Balaban J connectivity index is 0. The van der Waals surface area contributed by atoms with Crippen LogP contribution in [0.1, 0.15) is 110 Å². The van der Waals surface area contributed by atoms with Crippen molar-refractivity contribution in [3.63, 3.8) is 0 Å². The summed E-state index contributed by atoms with van der Waals surface area (Å²) in [5, 5.41) is 0. The van der Waals surface area contributed by atoms with E-state index in [1.807, 2.05) is 0 Å². The monoisotopic (exact) mass is 431 g/mol. The molecule has 3 nitrogen and oxygen atoms in total. The predicted molar refractivity (Wildman–Crippen MR) is 123 cm³/mol. The van der Waals surface area contributed by atoms with E-state index in [1.165, 1.54) is 109 Å². The highest BCUT2D eigenvalue weighted by atomic mass is 35.5. The number of rotatable bonds is 21. The number of unbranched alkanes of at least 4 members (excludes halogenated alkanes) is 15. The second kappa shape index (κ2) is 22.2. The van der Waals surface area contributed by atoms with E-state index < -0.39 is 0 Å². The SMILES string of the molecule is C=CC(=O)OCC[N+](C)(C)CCCCCCCCCCCCCCCCCC.[Cl-]. The van der Waals surface area contributed by atoms with Crippen molar-refractivity contribution in [3.8, 4) is 0 Å². The van der Waals surface area contributed by atoms with Gasteiger partial charge in [0.15, 0.2) is 0 Å². The molecule has 0 aromatic carbocycles. The van der Waals surface area contributed by atoms with Gasteiger partial charge in [0.1, 0.15) is 13.2 Å². The lowest BCUT2D eigenvalue weighted by Crippen LogP contribution is -3.00. The summed E-state index contributed by atoms with van der Waals surface area (Å²) in [7, 11) is 4.43. The second-order valence-electron chi connectivity index (χ2n) is 9.06. The fraction of sp³-hybridized carbons (Fsp3) is 0.880. The third-order valence-electron chi connectivity index (χ3n) is 5.72. The first-order valence-corrected chi connectivity index (χ1v) is 12.1. The van der Waals surface area contributed by atoms with Crippen molar-refractivity contribution >= 4 is 5.97 Å². The topological polar surface area (TPSA) is 26.3 Å². The standard InChI is InChI=1S/C25H50NO2.ClH/c1-5-7-8-9-10-11-12-13-14-15-16-17-18-19-20-21-22-26(3,4)23-24-28-25(27)6-2;/h6H,2,5,7-24H2,1,3-4H3;1H/q+1;/p-1. The Labute approximate surface area is 188 Å². The van der Waals surface area contributed by atoms with E-state index in [2.05, 4.69) is 27.6 Å². The number of nitrogens with zero attached hydrogens (tertiary/aromatic N) is 1. The molecule has 0 atom stereocenters. The highest BCUT2D eigenvalue weighted by molar-refractivity contribution is 5.81. The number of hydrogen-bond acceptors (Lipinski definition) is 2. The van der Waals surface area contributed by atoms with Crippen molar-refractivity contribution in [2.24, 2.45) is 0 Å². The average molecular weight is 432 g/mol. The van der Waals surface area contributed by atoms with Crippen molar-refractivity contribution in [1.29, 1.82) is 0 Å². The van der Waals surface area contributed by atoms with Gasteiger partial charge in [0.05, 0.1) is 20.6 Å². The molecule has 0 radical (unpaired) electrons. The average Bonchev–Trinajstić information content (AvgIpc) is 2.67. The number of carbonyl (C=O) groups excluding carboxylic acids is 1. The zero-order valence-electron chi connectivity index (χ0n) is 19.9. The van der Waals surface area contributed by atoms with E-state index in [0.717, 1.165) is 17.6 Å². The van der Waals surface area contributed by atoms with Crippen LogP contribution in [0.4, 0.5) is 0 Å². The number of hydrogen-bond donors (Lipinski definition) is 0. The molecule has 0 fully saturated rings. The Morgan fingerprint density at radius 3 is 1.48 bits per heavy atom. The van der Waals surface area contributed by atoms with Gasteiger partial charge < -0.3 is 21.6 Å². The number of likely N-dealkylation sites (N-methyl/N-ethyl adjacent to an activating group) is 1. The van der Waals surface area contributed by atoms with Crippen LogP contribution in [-0.4, -0.2) is 44.2 Å². The quantitative estimate of drug-likeness (QED) is 0.118. The molecule has 0 aromatic heterocycles. The maximum absolute atomic E-state index is 11.1. The van der Waals surface area contributed by atoms with Crippen molar-refractivity contribution in [1.82, 2.24) is 0 Å². The van der Waals surface area contributed by atoms with Gasteiger partial charge in [0, 0.05) is 6.08 Å².